The second-order valence-electron chi connectivity index (χ2n) is 3.33. The van der Waals surface area contributed by atoms with Crippen molar-refractivity contribution < 1.29 is 0 Å². The molecule has 3 N–H and O–H groups in total. The average Bonchev–Trinajstić information content (AvgIpc) is 2.30. The number of hydrogen-bond donors (Lipinski definition) is 2. The van der Waals surface area contributed by atoms with E-state index in [1.54, 1.807) is 0 Å². The topological polar surface area (TPSA) is 50.4 Å². The quantitative estimate of drug-likeness (QED) is 0.379. The van der Waals surface area contributed by atoms with E-state index in [2.05, 4.69) is 10.5 Å². The molecule has 0 radical (unpaired) electrons. The number of nitrogens with zero attached hydrogens (tertiary/aromatic N) is 1. The van der Waals surface area contributed by atoms with Crippen molar-refractivity contribution in [1.82, 2.24) is 5.43 Å². The minimum Gasteiger partial charge on any atom is -0.375 e. The van der Waals surface area contributed by atoms with Crippen molar-refractivity contribution in [3.05, 3.63) is 34.9 Å². The molecule has 0 aliphatic heterocycles. The van der Waals surface area contributed by atoms with Crippen molar-refractivity contribution in [2.45, 2.75) is 12.8 Å². The molecule has 0 spiro atoms. The van der Waals surface area contributed by atoms with Crippen LogP contribution >= 0.6 is 35.4 Å². The molecule has 1 aromatic carbocycles. The van der Waals surface area contributed by atoms with Gasteiger partial charge in [0.25, 0.3) is 0 Å². The van der Waals surface area contributed by atoms with Gasteiger partial charge in [0.1, 0.15) is 0 Å². The van der Waals surface area contributed by atoms with Gasteiger partial charge < -0.3 is 5.73 Å². The minimum atomic E-state index is 0.141. The SMILES string of the molecule is NC(=S)NN=C(CCCCl)c1ccc(Cl)cc1. The Balaban J connectivity index is 2.84. The maximum Gasteiger partial charge on any atom is 0.184 e. The van der Waals surface area contributed by atoms with Crippen LogP contribution in [0.15, 0.2) is 29.4 Å². The summed E-state index contributed by atoms with van der Waals surface area (Å²) in [5.41, 5.74) is 9.76. The van der Waals surface area contributed by atoms with E-state index in [0.29, 0.717) is 10.9 Å². The molecule has 0 amide bonds. The van der Waals surface area contributed by atoms with Crippen LogP contribution in [-0.4, -0.2) is 16.7 Å². The molecule has 0 saturated carbocycles. The van der Waals surface area contributed by atoms with Crippen LogP contribution in [0.5, 0.6) is 0 Å². The van der Waals surface area contributed by atoms with Crippen molar-refractivity contribution in [3.63, 3.8) is 0 Å². The van der Waals surface area contributed by atoms with Gasteiger partial charge in [0.15, 0.2) is 5.11 Å². The number of hydrogen-bond acceptors (Lipinski definition) is 2. The van der Waals surface area contributed by atoms with Crippen LogP contribution in [0.1, 0.15) is 18.4 Å². The van der Waals surface area contributed by atoms with Crippen LogP contribution in [-0.2, 0) is 0 Å². The summed E-state index contributed by atoms with van der Waals surface area (Å²) < 4.78 is 0. The van der Waals surface area contributed by atoms with Gasteiger partial charge in [-0.2, -0.15) is 5.10 Å². The Hall–Kier alpha value is -0.840. The number of rotatable bonds is 5. The fourth-order valence-corrected chi connectivity index (χ4v) is 1.57. The first-order valence-corrected chi connectivity index (χ1v) is 6.39. The molecule has 0 atom stereocenters. The summed E-state index contributed by atoms with van der Waals surface area (Å²) in [5, 5.41) is 4.99. The zero-order valence-corrected chi connectivity index (χ0v) is 11.4. The summed E-state index contributed by atoms with van der Waals surface area (Å²) in [6.45, 7) is 0. The minimum absolute atomic E-state index is 0.141. The van der Waals surface area contributed by atoms with E-state index >= 15 is 0 Å². The van der Waals surface area contributed by atoms with E-state index < -0.39 is 0 Å². The number of hydrazone groups is 1. The summed E-state index contributed by atoms with van der Waals surface area (Å²) >= 11 is 16.2. The van der Waals surface area contributed by atoms with E-state index in [0.717, 1.165) is 24.1 Å². The average molecular weight is 290 g/mol. The molecule has 1 aromatic rings. The zero-order chi connectivity index (χ0) is 12.7. The summed E-state index contributed by atoms with van der Waals surface area (Å²) in [7, 11) is 0. The molecule has 0 aliphatic carbocycles. The smallest absolute Gasteiger partial charge is 0.184 e. The van der Waals surface area contributed by atoms with Gasteiger partial charge in [-0.3, -0.25) is 5.43 Å². The third-order valence-corrected chi connectivity index (χ3v) is 2.64. The lowest BCUT2D eigenvalue weighted by molar-refractivity contribution is 0.956. The molecule has 0 aromatic heterocycles. The molecule has 1 rings (SSSR count). The highest BCUT2D eigenvalue weighted by atomic mass is 35.5. The Morgan fingerprint density at radius 3 is 2.53 bits per heavy atom. The van der Waals surface area contributed by atoms with Gasteiger partial charge in [-0.05, 0) is 42.8 Å². The maximum atomic E-state index is 5.83. The van der Waals surface area contributed by atoms with Crippen molar-refractivity contribution in [2.75, 3.05) is 5.88 Å². The third kappa shape index (κ3) is 5.35. The monoisotopic (exact) mass is 289 g/mol. The van der Waals surface area contributed by atoms with Crippen LogP contribution in [0.2, 0.25) is 5.02 Å². The van der Waals surface area contributed by atoms with Crippen LogP contribution in [0, 0.1) is 0 Å². The fourth-order valence-electron chi connectivity index (χ4n) is 1.26. The second kappa shape index (κ2) is 7.48. The van der Waals surface area contributed by atoms with E-state index in [1.165, 1.54) is 0 Å². The second-order valence-corrected chi connectivity index (χ2v) is 4.59. The Morgan fingerprint density at radius 1 is 1.35 bits per heavy atom. The van der Waals surface area contributed by atoms with E-state index in [1.807, 2.05) is 24.3 Å². The van der Waals surface area contributed by atoms with Gasteiger partial charge in [-0.1, -0.05) is 23.7 Å². The zero-order valence-electron chi connectivity index (χ0n) is 9.12. The van der Waals surface area contributed by atoms with E-state index in [4.69, 9.17) is 41.2 Å². The van der Waals surface area contributed by atoms with Crippen molar-refractivity contribution >= 4 is 46.2 Å². The molecule has 0 saturated heterocycles. The highest BCUT2D eigenvalue weighted by Crippen LogP contribution is 2.12. The Bertz CT molecular complexity index is 404. The first-order valence-electron chi connectivity index (χ1n) is 5.07. The lowest BCUT2D eigenvalue weighted by atomic mass is 10.1. The number of thiocarbonyl (C=S) groups is 1. The first kappa shape index (κ1) is 14.2. The molecule has 0 fully saturated rings. The predicted octanol–water partition coefficient (Wildman–Crippen LogP) is 2.90. The van der Waals surface area contributed by atoms with Crippen molar-refractivity contribution in [1.29, 1.82) is 0 Å². The molecule has 0 bridgehead atoms. The third-order valence-electron chi connectivity index (χ3n) is 2.03. The Morgan fingerprint density at radius 2 is 2.00 bits per heavy atom. The van der Waals surface area contributed by atoms with Gasteiger partial charge in [0.2, 0.25) is 0 Å². The first-order chi connectivity index (χ1) is 8.13. The number of nitrogens with two attached hydrogens (primary N) is 1. The lowest BCUT2D eigenvalue weighted by Crippen LogP contribution is -2.25. The highest BCUT2D eigenvalue weighted by Gasteiger charge is 2.04. The lowest BCUT2D eigenvalue weighted by Gasteiger charge is -2.06. The Labute approximate surface area is 116 Å². The molecule has 3 nitrogen and oxygen atoms in total. The maximum absolute atomic E-state index is 5.83. The van der Waals surface area contributed by atoms with Crippen LogP contribution in [0.25, 0.3) is 0 Å². The largest absolute Gasteiger partial charge is 0.375 e. The van der Waals surface area contributed by atoms with Crippen LogP contribution in [0.4, 0.5) is 0 Å². The molecule has 92 valence electrons. The van der Waals surface area contributed by atoms with Gasteiger partial charge in [-0.15, -0.1) is 11.6 Å². The molecular weight excluding hydrogens is 277 g/mol. The molecule has 0 unspecified atom stereocenters. The van der Waals surface area contributed by atoms with Gasteiger partial charge >= 0.3 is 0 Å². The predicted molar refractivity (Wildman–Crippen MR) is 77.9 cm³/mol. The summed E-state index contributed by atoms with van der Waals surface area (Å²) in [6.07, 6.45) is 1.59. The molecule has 0 aliphatic rings. The molecule has 0 heterocycles. The standard InChI is InChI=1S/C11H13Cl2N3S/c12-7-1-2-10(15-16-11(14)17)8-3-5-9(13)6-4-8/h3-6H,1-2,7H2,(H3,14,16,17). The number of alkyl halides is 1. The number of halogens is 2. The van der Waals surface area contributed by atoms with E-state index in [-0.39, 0.29) is 5.11 Å². The summed E-state index contributed by atoms with van der Waals surface area (Å²) in [5.74, 6) is 0.583. The van der Waals surface area contributed by atoms with Gasteiger partial charge in [-0.25, -0.2) is 0 Å². The summed E-state index contributed by atoms with van der Waals surface area (Å²) in [4.78, 5) is 0. The van der Waals surface area contributed by atoms with Crippen molar-refractivity contribution in [2.24, 2.45) is 10.8 Å². The van der Waals surface area contributed by atoms with Gasteiger partial charge in [0.05, 0.1) is 5.71 Å². The molecule has 17 heavy (non-hydrogen) atoms. The number of nitrogens with one attached hydrogen (secondary N) is 1. The summed E-state index contributed by atoms with van der Waals surface area (Å²) in [6, 6.07) is 7.43. The molecule has 6 heteroatoms. The van der Waals surface area contributed by atoms with Gasteiger partial charge in [0, 0.05) is 10.9 Å². The van der Waals surface area contributed by atoms with Crippen LogP contribution < -0.4 is 11.2 Å². The fraction of sp³-hybridized carbons (Fsp3) is 0.273. The Kier molecular flexibility index (Phi) is 6.26. The normalized spacial score (nSPS) is 11.3. The number of benzene rings is 1. The highest BCUT2D eigenvalue weighted by molar-refractivity contribution is 7.80. The van der Waals surface area contributed by atoms with Crippen LogP contribution in [0.3, 0.4) is 0 Å². The van der Waals surface area contributed by atoms with E-state index in [9.17, 15) is 0 Å². The van der Waals surface area contributed by atoms with Crippen molar-refractivity contribution in [3.8, 4) is 0 Å². The molecular formula is C11H13Cl2N3S.